The number of aromatic nitrogens is 1. The summed E-state index contributed by atoms with van der Waals surface area (Å²) in [6.07, 6.45) is 0. The van der Waals surface area contributed by atoms with Crippen molar-refractivity contribution in [1.29, 1.82) is 0 Å². The van der Waals surface area contributed by atoms with Gasteiger partial charge in [-0.3, -0.25) is 0 Å². The van der Waals surface area contributed by atoms with Crippen LogP contribution in [0.2, 0.25) is 0 Å². The van der Waals surface area contributed by atoms with E-state index >= 15 is 0 Å². The number of aliphatic hydroxyl groups is 1. The van der Waals surface area contributed by atoms with Crippen LogP contribution in [0.1, 0.15) is 5.69 Å². The minimum atomic E-state index is -0.757. The smallest absolute Gasteiger partial charge is 0.173 e. The molecule has 0 aliphatic heterocycles. The zero-order valence-electron chi connectivity index (χ0n) is 7.88. The van der Waals surface area contributed by atoms with Gasteiger partial charge in [0, 0.05) is 10.5 Å². The van der Waals surface area contributed by atoms with Crippen molar-refractivity contribution >= 4 is 15.9 Å². The quantitative estimate of drug-likeness (QED) is 0.925. The summed E-state index contributed by atoms with van der Waals surface area (Å²) in [4.78, 5) is 0. The van der Waals surface area contributed by atoms with Gasteiger partial charge in [-0.1, -0.05) is 21.1 Å². The van der Waals surface area contributed by atoms with Gasteiger partial charge in [-0.15, -0.1) is 0 Å². The van der Waals surface area contributed by atoms with Gasteiger partial charge in [0.1, 0.15) is 17.3 Å². The minimum absolute atomic E-state index is 0.0495. The molecule has 2 rings (SSSR count). The molecule has 0 bridgehead atoms. The highest BCUT2D eigenvalue weighted by Gasteiger charge is 2.17. The van der Waals surface area contributed by atoms with Crippen molar-refractivity contribution in [1.82, 2.24) is 5.16 Å². The molecule has 6 heteroatoms. The summed E-state index contributed by atoms with van der Waals surface area (Å²) in [6, 6.07) is 3.54. The van der Waals surface area contributed by atoms with Crippen LogP contribution in [0.15, 0.2) is 27.2 Å². The average molecular weight is 290 g/mol. The standard InChI is InChI=1S/C10H6BrF2NO2/c11-5-1-7(12)10(8(13)2-5)9-3-6(4-15)14-16-9/h1-3,15H,4H2. The van der Waals surface area contributed by atoms with Crippen molar-refractivity contribution < 1.29 is 18.4 Å². The Morgan fingerprint density at radius 2 is 1.88 bits per heavy atom. The van der Waals surface area contributed by atoms with Crippen LogP contribution in [0.3, 0.4) is 0 Å². The first-order chi connectivity index (χ1) is 7.61. The molecule has 0 aliphatic rings. The molecular formula is C10H6BrF2NO2. The molecule has 0 atom stereocenters. The molecule has 0 radical (unpaired) electrons. The van der Waals surface area contributed by atoms with Crippen LogP contribution in [0.5, 0.6) is 0 Å². The molecular weight excluding hydrogens is 284 g/mol. The lowest BCUT2D eigenvalue weighted by Gasteiger charge is -2.01. The van der Waals surface area contributed by atoms with E-state index in [4.69, 9.17) is 9.63 Å². The van der Waals surface area contributed by atoms with Gasteiger partial charge in [0.2, 0.25) is 0 Å². The summed E-state index contributed by atoms with van der Waals surface area (Å²) < 4.78 is 32.0. The van der Waals surface area contributed by atoms with Crippen molar-refractivity contribution in [2.45, 2.75) is 6.61 Å². The van der Waals surface area contributed by atoms with E-state index in [0.717, 1.165) is 12.1 Å². The maximum atomic E-state index is 13.5. The van der Waals surface area contributed by atoms with Gasteiger partial charge in [-0.05, 0) is 12.1 Å². The van der Waals surface area contributed by atoms with Gasteiger partial charge >= 0.3 is 0 Å². The van der Waals surface area contributed by atoms with Crippen molar-refractivity contribution in [3.63, 3.8) is 0 Å². The number of hydrogen-bond donors (Lipinski definition) is 1. The summed E-state index contributed by atoms with van der Waals surface area (Å²) in [7, 11) is 0. The monoisotopic (exact) mass is 289 g/mol. The number of nitrogens with zero attached hydrogens (tertiary/aromatic N) is 1. The molecule has 2 aromatic rings. The Balaban J connectivity index is 2.55. The maximum Gasteiger partial charge on any atom is 0.173 e. The van der Waals surface area contributed by atoms with E-state index in [1.165, 1.54) is 6.07 Å². The SMILES string of the molecule is OCc1cc(-c2c(F)cc(Br)cc2F)on1. The van der Waals surface area contributed by atoms with Crippen LogP contribution in [-0.4, -0.2) is 10.3 Å². The molecule has 1 aromatic carbocycles. The van der Waals surface area contributed by atoms with Gasteiger partial charge in [0.25, 0.3) is 0 Å². The van der Waals surface area contributed by atoms with Crippen molar-refractivity contribution in [2.75, 3.05) is 0 Å². The number of aliphatic hydroxyl groups excluding tert-OH is 1. The van der Waals surface area contributed by atoms with Gasteiger partial charge in [-0.2, -0.15) is 0 Å². The van der Waals surface area contributed by atoms with Gasteiger partial charge in [-0.25, -0.2) is 8.78 Å². The largest absolute Gasteiger partial charge is 0.390 e. The molecule has 3 nitrogen and oxygen atoms in total. The fourth-order valence-electron chi connectivity index (χ4n) is 1.28. The number of benzene rings is 1. The van der Waals surface area contributed by atoms with Crippen LogP contribution >= 0.6 is 15.9 Å². The first-order valence-corrected chi connectivity index (χ1v) is 5.12. The van der Waals surface area contributed by atoms with Gasteiger partial charge in [0.15, 0.2) is 5.76 Å². The second kappa shape index (κ2) is 4.31. The molecule has 0 spiro atoms. The third-order valence-corrected chi connectivity index (χ3v) is 2.43. The summed E-state index contributed by atoms with van der Waals surface area (Å²) in [5, 5.41) is 12.2. The zero-order chi connectivity index (χ0) is 11.7. The number of rotatable bonds is 2. The molecule has 16 heavy (non-hydrogen) atoms. The highest BCUT2D eigenvalue weighted by atomic mass is 79.9. The van der Waals surface area contributed by atoms with E-state index in [0.29, 0.717) is 4.47 Å². The Morgan fingerprint density at radius 1 is 1.25 bits per heavy atom. The topological polar surface area (TPSA) is 46.3 Å². The van der Waals surface area contributed by atoms with Crippen LogP contribution in [0.4, 0.5) is 8.78 Å². The highest BCUT2D eigenvalue weighted by Crippen LogP contribution is 2.29. The molecule has 0 aliphatic carbocycles. The van der Waals surface area contributed by atoms with E-state index < -0.39 is 11.6 Å². The van der Waals surface area contributed by atoms with E-state index in [1.54, 1.807) is 0 Å². The lowest BCUT2D eigenvalue weighted by Crippen LogP contribution is -1.89. The predicted molar refractivity (Wildman–Crippen MR) is 55.5 cm³/mol. The van der Waals surface area contributed by atoms with Crippen LogP contribution < -0.4 is 0 Å². The number of hydrogen-bond acceptors (Lipinski definition) is 3. The van der Waals surface area contributed by atoms with Crippen LogP contribution in [0.25, 0.3) is 11.3 Å². The lowest BCUT2D eigenvalue weighted by atomic mass is 10.1. The summed E-state index contributed by atoms with van der Waals surface area (Å²) in [6.45, 7) is -0.344. The van der Waals surface area contributed by atoms with Crippen LogP contribution in [0, 0.1) is 11.6 Å². The third kappa shape index (κ3) is 1.98. The molecule has 0 fully saturated rings. The first-order valence-electron chi connectivity index (χ1n) is 4.33. The second-order valence-corrected chi connectivity index (χ2v) is 4.00. The molecule has 0 saturated heterocycles. The first kappa shape index (κ1) is 11.2. The Hall–Kier alpha value is -1.27. The van der Waals surface area contributed by atoms with Crippen molar-refractivity contribution in [3.8, 4) is 11.3 Å². The minimum Gasteiger partial charge on any atom is -0.390 e. The molecule has 1 N–H and O–H groups in total. The highest BCUT2D eigenvalue weighted by molar-refractivity contribution is 9.10. The average Bonchev–Trinajstić information content (AvgIpc) is 2.64. The Bertz CT molecular complexity index is 504. The van der Waals surface area contributed by atoms with Gasteiger partial charge in [0.05, 0.1) is 12.2 Å². The Kier molecular flexibility index (Phi) is 3.02. The second-order valence-electron chi connectivity index (χ2n) is 3.09. The summed E-state index contributed by atoms with van der Waals surface area (Å²) in [5.41, 5.74) is -0.0767. The van der Waals surface area contributed by atoms with E-state index in [9.17, 15) is 8.78 Å². The Labute approximate surface area is 97.8 Å². The predicted octanol–water partition coefficient (Wildman–Crippen LogP) is 2.87. The molecule has 0 amide bonds. The maximum absolute atomic E-state index is 13.5. The van der Waals surface area contributed by atoms with E-state index in [2.05, 4.69) is 21.1 Å². The fraction of sp³-hybridized carbons (Fsp3) is 0.100. The molecule has 0 saturated carbocycles. The molecule has 1 aromatic heterocycles. The van der Waals surface area contributed by atoms with E-state index in [1.807, 2.05) is 0 Å². The third-order valence-electron chi connectivity index (χ3n) is 1.97. The van der Waals surface area contributed by atoms with Crippen molar-refractivity contribution in [3.05, 3.63) is 40.0 Å². The lowest BCUT2D eigenvalue weighted by molar-refractivity contribution is 0.267. The zero-order valence-corrected chi connectivity index (χ0v) is 9.46. The molecule has 84 valence electrons. The summed E-state index contributed by atoms with van der Waals surface area (Å²) >= 11 is 2.97. The van der Waals surface area contributed by atoms with Gasteiger partial charge < -0.3 is 9.63 Å². The Morgan fingerprint density at radius 3 is 2.38 bits per heavy atom. The molecule has 0 unspecified atom stereocenters. The van der Waals surface area contributed by atoms with Crippen molar-refractivity contribution in [2.24, 2.45) is 0 Å². The molecule has 1 heterocycles. The number of halogens is 3. The summed E-state index contributed by atoms with van der Waals surface area (Å²) in [5.74, 6) is -1.56. The van der Waals surface area contributed by atoms with E-state index in [-0.39, 0.29) is 23.6 Å². The fourth-order valence-corrected chi connectivity index (χ4v) is 1.68. The van der Waals surface area contributed by atoms with Crippen LogP contribution in [-0.2, 0) is 6.61 Å². The normalized spacial score (nSPS) is 10.8.